The molecular formula is C24H32N4O2. The first kappa shape index (κ1) is 22.0. The van der Waals surface area contributed by atoms with E-state index in [-0.39, 0.29) is 11.6 Å². The zero-order valence-electron chi connectivity index (χ0n) is 18.9. The Kier molecular flexibility index (Phi) is 6.58. The second-order valence-electron chi connectivity index (χ2n) is 8.00. The molecule has 0 heterocycles. The molecule has 1 aliphatic rings. The summed E-state index contributed by atoms with van der Waals surface area (Å²) < 4.78 is 0. The monoisotopic (exact) mass is 408 g/mol. The van der Waals surface area contributed by atoms with Crippen molar-refractivity contribution in [2.24, 2.45) is 0 Å². The minimum Gasteiger partial charge on any atom is -0.306 e. The summed E-state index contributed by atoms with van der Waals surface area (Å²) in [4.78, 5) is 27.4. The molecule has 1 aliphatic carbocycles. The first-order chi connectivity index (χ1) is 14.3. The van der Waals surface area contributed by atoms with Gasteiger partial charge in [-0.3, -0.25) is 9.59 Å². The number of hydrazine groups is 2. The van der Waals surface area contributed by atoms with E-state index in [1.807, 2.05) is 62.5 Å². The Morgan fingerprint density at radius 1 is 0.633 bits per heavy atom. The second-order valence-corrected chi connectivity index (χ2v) is 8.00. The van der Waals surface area contributed by atoms with E-state index in [1.54, 1.807) is 12.1 Å². The van der Waals surface area contributed by atoms with Gasteiger partial charge in [0.25, 0.3) is 0 Å². The van der Waals surface area contributed by atoms with Gasteiger partial charge in [0, 0.05) is 52.4 Å². The normalized spacial score (nSPS) is 12.9. The van der Waals surface area contributed by atoms with Crippen molar-refractivity contribution in [1.29, 1.82) is 0 Å². The Labute approximate surface area is 179 Å². The molecule has 3 rings (SSSR count). The number of carbonyl (C=O) groups excluding carboxylic acids is 2. The van der Waals surface area contributed by atoms with Crippen molar-refractivity contribution in [3.8, 4) is 0 Å². The van der Waals surface area contributed by atoms with Gasteiger partial charge in [-0.2, -0.15) is 0 Å². The topological polar surface area (TPSA) is 47.1 Å². The molecular weight excluding hydrogens is 376 g/mol. The van der Waals surface area contributed by atoms with Crippen molar-refractivity contribution < 1.29 is 9.59 Å². The number of nitrogens with zero attached hydrogens (tertiary/aromatic N) is 4. The van der Waals surface area contributed by atoms with E-state index in [0.29, 0.717) is 22.3 Å². The molecule has 0 fully saturated rings. The molecule has 0 N–H and O–H groups in total. The molecule has 2 aromatic rings. The number of ketones is 2. The maximum Gasteiger partial charge on any atom is 0.198 e. The predicted octanol–water partition coefficient (Wildman–Crippen LogP) is 3.85. The molecule has 6 heteroatoms. The smallest absolute Gasteiger partial charge is 0.198 e. The number of anilines is 2. The van der Waals surface area contributed by atoms with Gasteiger partial charge >= 0.3 is 0 Å². The Morgan fingerprint density at radius 2 is 1.03 bits per heavy atom. The number of carbonyl (C=O) groups is 2. The highest BCUT2D eigenvalue weighted by molar-refractivity contribution is 6.31. The largest absolute Gasteiger partial charge is 0.306 e. The van der Waals surface area contributed by atoms with Crippen LogP contribution in [0.2, 0.25) is 0 Å². The molecule has 0 aromatic heterocycles. The quantitative estimate of drug-likeness (QED) is 0.528. The van der Waals surface area contributed by atoms with E-state index in [1.165, 1.54) is 0 Å². The Hall–Kier alpha value is -2.70. The molecule has 0 amide bonds. The van der Waals surface area contributed by atoms with Gasteiger partial charge in [0.2, 0.25) is 0 Å². The molecule has 0 bridgehead atoms. The number of rotatable bonds is 8. The van der Waals surface area contributed by atoms with Crippen LogP contribution in [-0.4, -0.2) is 62.9 Å². The van der Waals surface area contributed by atoms with Gasteiger partial charge in [0.1, 0.15) is 0 Å². The van der Waals surface area contributed by atoms with Crippen LogP contribution in [0.25, 0.3) is 0 Å². The van der Waals surface area contributed by atoms with E-state index in [2.05, 4.69) is 23.9 Å². The zero-order chi connectivity index (χ0) is 22.0. The van der Waals surface area contributed by atoms with E-state index in [0.717, 1.165) is 37.3 Å². The maximum absolute atomic E-state index is 13.9. The van der Waals surface area contributed by atoms with Crippen LogP contribution in [0.4, 0.5) is 11.4 Å². The minimum atomic E-state index is -0.0892. The van der Waals surface area contributed by atoms with Crippen LogP contribution in [0, 0.1) is 0 Å². The third-order valence-corrected chi connectivity index (χ3v) is 5.42. The molecule has 2 aromatic carbocycles. The van der Waals surface area contributed by atoms with Crippen LogP contribution in [0.15, 0.2) is 36.4 Å². The van der Waals surface area contributed by atoms with Gasteiger partial charge < -0.3 is 10.0 Å². The van der Waals surface area contributed by atoms with E-state index in [4.69, 9.17) is 0 Å². The predicted molar refractivity (Wildman–Crippen MR) is 122 cm³/mol. The second kappa shape index (κ2) is 8.98. The SMILES string of the molecule is CCCN(c1cccc2c1C(=O)c1c(cccc1N(CCC)N(C)C)C2=O)N(C)C. The van der Waals surface area contributed by atoms with Crippen LogP contribution in [0.3, 0.4) is 0 Å². The standard InChI is InChI=1S/C24H32N4O2/c1-7-15-27(25(3)4)19-13-9-11-17-21(19)24(30)22-18(23(17)29)12-10-14-20(22)28(16-8-2)26(5)6/h9-14H,7-8,15-16H2,1-6H3. The van der Waals surface area contributed by atoms with Crippen LogP contribution in [0.5, 0.6) is 0 Å². The molecule has 0 saturated carbocycles. The summed E-state index contributed by atoms with van der Waals surface area (Å²) in [6.45, 7) is 5.73. The lowest BCUT2D eigenvalue weighted by atomic mass is 9.82. The van der Waals surface area contributed by atoms with Gasteiger partial charge in [0.15, 0.2) is 11.6 Å². The van der Waals surface area contributed by atoms with Gasteiger partial charge in [-0.25, -0.2) is 10.0 Å². The molecule has 0 aliphatic heterocycles. The minimum absolute atomic E-state index is 0.0864. The lowest BCUT2D eigenvalue weighted by Crippen LogP contribution is -2.41. The molecule has 160 valence electrons. The highest BCUT2D eigenvalue weighted by atomic mass is 16.1. The van der Waals surface area contributed by atoms with Crippen molar-refractivity contribution >= 4 is 22.9 Å². The molecule has 0 atom stereocenters. The zero-order valence-corrected chi connectivity index (χ0v) is 18.9. The summed E-state index contributed by atoms with van der Waals surface area (Å²) in [5.41, 5.74) is 3.53. The molecule has 0 unspecified atom stereocenters. The number of fused-ring (bicyclic) bond motifs is 2. The molecule has 6 nitrogen and oxygen atoms in total. The van der Waals surface area contributed by atoms with Crippen LogP contribution < -0.4 is 10.0 Å². The fourth-order valence-corrected chi connectivity index (χ4v) is 4.13. The summed E-state index contributed by atoms with van der Waals surface area (Å²) in [6.07, 6.45) is 1.85. The van der Waals surface area contributed by atoms with Crippen molar-refractivity contribution in [2.45, 2.75) is 26.7 Å². The van der Waals surface area contributed by atoms with E-state index >= 15 is 0 Å². The molecule has 0 spiro atoms. The highest BCUT2D eigenvalue weighted by Gasteiger charge is 2.36. The Morgan fingerprint density at radius 3 is 1.37 bits per heavy atom. The summed E-state index contributed by atoms with van der Waals surface area (Å²) in [5, 5.41) is 8.07. The average molecular weight is 409 g/mol. The molecule has 30 heavy (non-hydrogen) atoms. The Bertz CT molecular complexity index is 879. The van der Waals surface area contributed by atoms with Gasteiger partial charge in [-0.15, -0.1) is 0 Å². The Balaban J connectivity index is 2.24. The number of hydrogen-bond acceptors (Lipinski definition) is 6. The van der Waals surface area contributed by atoms with Crippen LogP contribution >= 0.6 is 0 Å². The van der Waals surface area contributed by atoms with E-state index < -0.39 is 0 Å². The number of hydrogen-bond donors (Lipinski definition) is 0. The van der Waals surface area contributed by atoms with Crippen LogP contribution in [0.1, 0.15) is 58.5 Å². The maximum atomic E-state index is 13.9. The molecule has 0 radical (unpaired) electrons. The molecule has 0 saturated heterocycles. The lowest BCUT2D eigenvalue weighted by molar-refractivity contribution is 0.0979. The third kappa shape index (κ3) is 3.73. The van der Waals surface area contributed by atoms with Crippen LogP contribution in [-0.2, 0) is 0 Å². The fraction of sp³-hybridized carbons (Fsp3) is 0.417. The van der Waals surface area contributed by atoms with Gasteiger partial charge in [0.05, 0.1) is 22.5 Å². The first-order valence-corrected chi connectivity index (χ1v) is 10.6. The highest BCUT2D eigenvalue weighted by Crippen LogP contribution is 2.38. The van der Waals surface area contributed by atoms with Crippen molar-refractivity contribution in [3.05, 3.63) is 58.7 Å². The van der Waals surface area contributed by atoms with E-state index in [9.17, 15) is 9.59 Å². The summed E-state index contributed by atoms with van der Waals surface area (Å²) in [5.74, 6) is -0.176. The third-order valence-electron chi connectivity index (χ3n) is 5.42. The van der Waals surface area contributed by atoms with Crippen molar-refractivity contribution in [1.82, 2.24) is 10.0 Å². The lowest BCUT2D eigenvalue weighted by Gasteiger charge is -2.36. The first-order valence-electron chi connectivity index (χ1n) is 10.6. The van der Waals surface area contributed by atoms with Crippen molar-refractivity contribution in [2.75, 3.05) is 51.3 Å². The number of benzene rings is 2. The van der Waals surface area contributed by atoms with Gasteiger partial charge in [-0.05, 0) is 25.0 Å². The summed E-state index contributed by atoms with van der Waals surface area (Å²) in [7, 11) is 7.83. The fourth-order valence-electron chi connectivity index (χ4n) is 4.13. The summed E-state index contributed by atoms with van der Waals surface area (Å²) >= 11 is 0. The summed E-state index contributed by atoms with van der Waals surface area (Å²) in [6, 6.07) is 11.1. The average Bonchev–Trinajstić information content (AvgIpc) is 2.72. The van der Waals surface area contributed by atoms with Gasteiger partial charge in [-0.1, -0.05) is 38.1 Å². The van der Waals surface area contributed by atoms with Crippen molar-refractivity contribution in [3.63, 3.8) is 0 Å².